The Hall–Kier alpha value is -1.77. The van der Waals surface area contributed by atoms with Gasteiger partial charge in [-0.1, -0.05) is 18.2 Å². The molecule has 2 rings (SSSR count). The largest absolute Gasteiger partial charge is 0.489 e. The minimum absolute atomic E-state index is 0.286. The van der Waals surface area contributed by atoms with E-state index in [9.17, 15) is 4.79 Å². The molecule has 1 aliphatic rings. The predicted molar refractivity (Wildman–Crippen MR) is 47.3 cm³/mol. The SMILES string of the molecule is O=C(O)c1ccccc1C1=CCO1. The van der Waals surface area contributed by atoms with Crippen molar-refractivity contribution >= 4 is 11.7 Å². The summed E-state index contributed by atoms with van der Waals surface area (Å²) in [6.45, 7) is 0.573. The van der Waals surface area contributed by atoms with Crippen molar-refractivity contribution in [2.75, 3.05) is 6.61 Å². The number of hydrogen-bond acceptors (Lipinski definition) is 2. The van der Waals surface area contributed by atoms with Crippen LogP contribution < -0.4 is 0 Å². The molecule has 13 heavy (non-hydrogen) atoms. The number of ether oxygens (including phenoxy) is 1. The Morgan fingerprint density at radius 2 is 2.08 bits per heavy atom. The molecule has 1 heterocycles. The Morgan fingerprint density at radius 1 is 1.38 bits per heavy atom. The highest BCUT2D eigenvalue weighted by Gasteiger charge is 2.16. The lowest BCUT2D eigenvalue weighted by Gasteiger charge is -2.17. The highest BCUT2D eigenvalue weighted by molar-refractivity contribution is 5.93. The van der Waals surface area contributed by atoms with E-state index in [1.165, 1.54) is 0 Å². The molecule has 1 N–H and O–H groups in total. The summed E-state index contributed by atoms with van der Waals surface area (Å²) in [4.78, 5) is 10.8. The van der Waals surface area contributed by atoms with Crippen LogP contribution in [-0.4, -0.2) is 17.7 Å². The van der Waals surface area contributed by atoms with Crippen molar-refractivity contribution in [3.8, 4) is 0 Å². The number of carbonyl (C=O) groups is 1. The van der Waals surface area contributed by atoms with Gasteiger partial charge in [0, 0.05) is 5.56 Å². The van der Waals surface area contributed by atoms with Crippen LogP contribution in [0.2, 0.25) is 0 Å². The summed E-state index contributed by atoms with van der Waals surface area (Å²) in [5.41, 5.74) is 0.940. The number of benzene rings is 1. The standard InChI is InChI=1S/C10H8O3/c11-10(12)8-4-2-1-3-7(8)9-5-6-13-9/h1-5H,6H2,(H,11,12). The van der Waals surface area contributed by atoms with Gasteiger partial charge >= 0.3 is 5.97 Å². The first-order valence-electron chi connectivity index (χ1n) is 3.94. The van der Waals surface area contributed by atoms with Crippen LogP contribution in [0.5, 0.6) is 0 Å². The summed E-state index contributed by atoms with van der Waals surface area (Å²) in [6, 6.07) is 6.81. The first kappa shape index (κ1) is 7.86. The van der Waals surface area contributed by atoms with Gasteiger partial charge in [0.15, 0.2) is 0 Å². The highest BCUT2D eigenvalue weighted by atomic mass is 16.5. The van der Waals surface area contributed by atoms with Crippen LogP contribution >= 0.6 is 0 Å². The molecule has 0 unspecified atom stereocenters. The third kappa shape index (κ3) is 1.28. The fourth-order valence-electron chi connectivity index (χ4n) is 1.24. The van der Waals surface area contributed by atoms with Gasteiger partial charge in [-0.3, -0.25) is 0 Å². The maximum atomic E-state index is 10.8. The molecule has 3 heteroatoms. The molecule has 1 aromatic rings. The molecular weight excluding hydrogens is 168 g/mol. The minimum Gasteiger partial charge on any atom is -0.489 e. The Labute approximate surface area is 75.3 Å². The highest BCUT2D eigenvalue weighted by Crippen LogP contribution is 2.25. The topological polar surface area (TPSA) is 46.5 Å². The zero-order valence-electron chi connectivity index (χ0n) is 6.86. The van der Waals surface area contributed by atoms with Gasteiger partial charge in [0.05, 0.1) is 5.56 Å². The lowest BCUT2D eigenvalue weighted by Crippen LogP contribution is -2.08. The maximum absolute atomic E-state index is 10.8. The van der Waals surface area contributed by atoms with E-state index in [4.69, 9.17) is 9.84 Å². The molecule has 3 nitrogen and oxygen atoms in total. The number of aromatic carboxylic acids is 1. The third-order valence-corrected chi connectivity index (χ3v) is 1.93. The first-order chi connectivity index (χ1) is 6.29. The van der Waals surface area contributed by atoms with Gasteiger partial charge in [-0.05, 0) is 12.1 Å². The molecular formula is C10H8O3. The Balaban J connectivity index is 2.49. The normalized spacial score (nSPS) is 14.0. The van der Waals surface area contributed by atoms with E-state index in [0.717, 1.165) is 0 Å². The molecule has 0 atom stereocenters. The van der Waals surface area contributed by atoms with Crippen LogP contribution in [0.15, 0.2) is 30.3 Å². The third-order valence-electron chi connectivity index (χ3n) is 1.93. The number of carboxylic acid groups (broad SMARTS) is 1. The molecule has 1 aromatic carbocycles. The second kappa shape index (κ2) is 2.94. The van der Waals surface area contributed by atoms with E-state index >= 15 is 0 Å². The smallest absolute Gasteiger partial charge is 0.336 e. The van der Waals surface area contributed by atoms with Crippen LogP contribution in [-0.2, 0) is 4.74 Å². The summed E-state index contributed by atoms with van der Waals surface area (Å²) in [6.07, 6.45) is 1.86. The molecule has 0 aliphatic carbocycles. The van der Waals surface area contributed by atoms with Gasteiger partial charge < -0.3 is 9.84 Å². The predicted octanol–water partition coefficient (Wildman–Crippen LogP) is 1.76. The van der Waals surface area contributed by atoms with E-state index in [1.54, 1.807) is 24.3 Å². The fraction of sp³-hybridized carbons (Fsp3) is 0.100. The molecule has 0 saturated heterocycles. The fourth-order valence-corrected chi connectivity index (χ4v) is 1.24. The lowest BCUT2D eigenvalue weighted by atomic mass is 10.0. The Kier molecular flexibility index (Phi) is 1.77. The molecule has 0 spiro atoms. The second-order valence-electron chi connectivity index (χ2n) is 2.73. The summed E-state index contributed by atoms with van der Waals surface area (Å²) >= 11 is 0. The van der Waals surface area contributed by atoms with Gasteiger partial charge in [-0.25, -0.2) is 4.79 Å². The van der Waals surface area contributed by atoms with Crippen LogP contribution in [0.1, 0.15) is 15.9 Å². The van der Waals surface area contributed by atoms with E-state index in [-0.39, 0.29) is 5.56 Å². The molecule has 0 amide bonds. The monoisotopic (exact) mass is 176 g/mol. The number of carboxylic acids is 1. The minimum atomic E-state index is -0.924. The van der Waals surface area contributed by atoms with Gasteiger partial charge in [-0.2, -0.15) is 0 Å². The van der Waals surface area contributed by atoms with E-state index in [1.807, 2.05) is 6.08 Å². The molecule has 1 aliphatic heterocycles. The molecule has 0 saturated carbocycles. The van der Waals surface area contributed by atoms with Crippen molar-refractivity contribution < 1.29 is 14.6 Å². The van der Waals surface area contributed by atoms with Crippen LogP contribution in [0.3, 0.4) is 0 Å². The molecule has 0 fully saturated rings. The Morgan fingerprint density at radius 3 is 2.62 bits per heavy atom. The average molecular weight is 176 g/mol. The van der Waals surface area contributed by atoms with Crippen molar-refractivity contribution in [1.29, 1.82) is 0 Å². The average Bonchev–Trinajstić information content (AvgIpc) is 2.02. The van der Waals surface area contributed by atoms with E-state index in [0.29, 0.717) is 17.9 Å². The first-order valence-corrected chi connectivity index (χ1v) is 3.94. The van der Waals surface area contributed by atoms with Crippen molar-refractivity contribution in [2.24, 2.45) is 0 Å². The van der Waals surface area contributed by atoms with Gasteiger partial charge in [0.2, 0.25) is 0 Å². The maximum Gasteiger partial charge on any atom is 0.336 e. The quantitative estimate of drug-likeness (QED) is 0.746. The van der Waals surface area contributed by atoms with Crippen LogP contribution in [0.25, 0.3) is 5.76 Å². The van der Waals surface area contributed by atoms with Crippen molar-refractivity contribution in [2.45, 2.75) is 0 Å². The lowest BCUT2D eigenvalue weighted by molar-refractivity contribution is 0.0695. The van der Waals surface area contributed by atoms with Crippen molar-refractivity contribution in [1.82, 2.24) is 0 Å². The van der Waals surface area contributed by atoms with Gasteiger partial charge in [-0.15, -0.1) is 0 Å². The van der Waals surface area contributed by atoms with Crippen LogP contribution in [0, 0.1) is 0 Å². The van der Waals surface area contributed by atoms with Crippen molar-refractivity contribution in [3.05, 3.63) is 41.5 Å². The molecule has 0 aromatic heterocycles. The molecule has 0 bridgehead atoms. The summed E-state index contributed by atoms with van der Waals surface area (Å²) < 4.78 is 5.11. The summed E-state index contributed by atoms with van der Waals surface area (Å²) in [5, 5.41) is 8.85. The van der Waals surface area contributed by atoms with Crippen molar-refractivity contribution in [3.63, 3.8) is 0 Å². The zero-order chi connectivity index (χ0) is 9.26. The van der Waals surface area contributed by atoms with E-state index in [2.05, 4.69) is 0 Å². The second-order valence-corrected chi connectivity index (χ2v) is 2.73. The zero-order valence-corrected chi connectivity index (χ0v) is 6.86. The van der Waals surface area contributed by atoms with Gasteiger partial charge in [0.25, 0.3) is 0 Å². The number of hydrogen-bond donors (Lipinski definition) is 1. The van der Waals surface area contributed by atoms with Gasteiger partial charge in [0.1, 0.15) is 12.4 Å². The molecule has 66 valence electrons. The van der Waals surface area contributed by atoms with E-state index < -0.39 is 5.97 Å². The number of rotatable bonds is 2. The summed E-state index contributed by atoms with van der Waals surface area (Å²) in [7, 11) is 0. The summed E-state index contributed by atoms with van der Waals surface area (Å²) in [5.74, 6) is -0.259. The Bertz CT molecular complexity index is 380. The molecule has 0 radical (unpaired) electrons. The van der Waals surface area contributed by atoms with Crippen LogP contribution in [0.4, 0.5) is 0 Å².